The molecule has 126 valence electrons. The summed E-state index contributed by atoms with van der Waals surface area (Å²) in [6.45, 7) is 1.27. The molecule has 6 heteroatoms. The number of carboxylic acid groups (broad SMARTS) is 1. The van der Waals surface area contributed by atoms with Crippen LogP contribution < -0.4 is 14.2 Å². The molecule has 0 atom stereocenters. The number of fused-ring (bicyclic) bond motifs is 1. The van der Waals surface area contributed by atoms with Crippen molar-refractivity contribution in [1.82, 2.24) is 0 Å². The van der Waals surface area contributed by atoms with Crippen LogP contribution in [0.2, 0.25) is 0 Å². The van der Waals surface area contributed by atoms with Crippen molar-refractivity contribution in [2.24, 2.45) is 0 Å². The van der Waals surface area contributed by atoms with Gasteiger partial charge in [0, 0.05) is 24.5 Å². The molecule has 2 aromatic carbocycles. The Kier molecular flexibility index (Phi) is 4.74. The van der Waals surface area contributed by atoms with E-state index >= 15 is 0 Å². The Balaban J connectivity index is 1.49. The van der Waals surface area contributed by atoms with Gasteiger partial charge in [-0.25, -0.2) is 4.79 Å². The highest BCUT2D eigenvalue weighted by Crippen LogP contribution is 2.36. The van der Waals surface area contributed by atoms with Crippen LogP contribution in [0.25, 0.3) is 0 Å². The van der Waals surface area contributed by atoms with E-state index in [1.807, 2.05) is 0 Å². The lowest BCUT2D eigenvalue weighted by atomic mass is 10.1. The van der Waals surface area contributed by atoms with Crippen molar-refractivity contribution in [3.63, 3.8) is 0 Å². The molecule has 2 N–H and O–H groups in total. The summed E-state index contributed by atoms with van der Waals surface area (Å²) < 4.78 is 16.5. The molecule has 0 spiro atoms. The molecular weight excluding hydrogens is 312 g/mol. The Labute approximate surface area is 139 Å². The second-order valence-electron chi connectivity index (χ2n) is 5.38. The number of rotatable bonds is 7. The molecule has 0 bridgehead atoms. The summed E-state index contributed by atoms with van der Waals surface area (Å²) in [5.41, 5.74) is 1.11. The van der Waals surface area contributed by atoms with Crippen LogP contribution in [0.15, 0.2) is 36.4 Å². The van der Waals surface area contributed by atoms with Crippen molar-refractivity contribution in [3.05, 3.63) is 47.5 Å². The molecule has 0 saturated carbocycles. The quantitative estimate of drug-likeness (QED) is 0.759. The van der Waals surface area contributed by atoms with Gasteiger partial charge in [-0.05, 0) is 18.2 Å². The standard InChI is InChI=1S/C18H18O6/c19-14-10-12-6-9-24-16(12)11-17(14)23-8-3-7-22-15-5-2-1-4-13(15)18(20)21/h1-2,4-5,10-11,19H,3,6-9H2,(H,20,21). The van der Waals surface area contributed by atoms with Gasteiger partial charge in [0.2, 0.25) is 0 Å². The van der Waals surface area contributed by atoms with Crippen LogP contribution in [-0.4, -0.2) is 36.0 Å². The number of aromatic hydroxyl groups is 1. The highest BCUT2D eigenvalue weighted by atomic mass is 16.5. The number of para-hydroxylation sites is 1. The van der Waals surface area contributed by atoms with E-state index in [4.69, 9.17) is 19.3 Å². The SMILES string of the molecule is O=C(O)c1ccccc1OCCCOc1cc2c(cc1O)CCO2. The van der Waals surface area contributed by atoms with Crippen LogP contribution >= 0.6 is 0 Å². The predicted octanol–water partition coefficient (Wildman–Crippen LogP) is 2.87. The molecule has 0 unspecified atom stereocenters. The molecule has 0 aliphatic carbocycles. The van der Waals surface area contributed by atoms with Crippen molar-refractivity contribution >= 4 is 5.97 Å². The summed E-state index contributed by atoms with van der Waals surface area (Å²) in [6, 6.07) is 9.85. The Morgan fingerprint density at radius 3 is 2.67 bits per heavy atom. The Hall–Kier alpha value is -2.89. The maximum absolute atomic E-state index is 11.1. The molecular formula is C18H18O6. The van der Waals surface area contributed by atoms with E-state index in [9.17, 15) is 9.90 Å². The molecule has 24 heavy (non-hydrogen) atoms. The number of ether oxygens (including phenoxy) is 3. The van der Waals surface area contributed by atoms with E-state index in [0.717, 1.165) is 17.7 Å². The van der Waals surface area contributed by atoms with Gasteiger partial charge in [0.25, 0.3) is 0 Å². The number of phenols is 1. The minimum Gasteiger partial charge on any atom is -0.504 e. The summed E-state index contributed by atoms with van der Waals surface area (Å²) in [6.07, 6.45) is 1.34. The molecule has 1 aliphatic heterocycles. The Bertz CT molecular complexity index is 740. The summed E-state index contributed by atoms with van der Waals surface area (Å²) in [4.78, 5) is 11.1. The number of hydrogen-bond acceptors (Lipinski definition) is 5. The molecule has 0 aromatic heterocycles. The molecule has 0 amide bonds. The number of carboxylic acids is 1. The molecule has 1 heterocycles. The third-order valence-electron chi connectivity index (χ3n) is 3.69. The van der Waals surface area contributed by atoms with E-state index in [0.29, 0.717) is 37.7 Å². The van der Waals surface area contributed by atoms with Gasteiger partial charge in [0.15, 0.2) is 11.5 Å². The highest BCUT2D eigenvalue weighted by Gasteiger charge is 2.16. The monoisotopic (exact) mass is 330 g/mol. The van der Waals surface area contributed by atoms with E-state index < -0.39 is 5.97 Å². The van der Waals surface area contributed by atoms with E-state index in [1.54, 1.807) is 30.3 Å². The van der Waals surface area contributed by atoms with E-state index in [2.05, 4.69) is 0 Å². The fourth-order valence-electron chi connectivity index (χ4n) is 2.50. The number of carbonyl (C=O) groups is 1. The van der Waals surface area contributed by atoms with Gasteiger partial charge in [-0.15, -0.1) is 0 Å². The smallest absolute Gasteiger partial charge is 0.339 e. The Morgan fingerprint density at radius 2 is 1.88 bits per heavy atom. The van der Waals surface area contributed by atoms with Crippen LogP contribution in [0.5, 0.6) is 23.0 Å². The van der Waals surface area contributed by atoms with Crippen molar-refractivity contribution in [2.45, 2.75) is 12.8 Å². The lowest BCUT2D eigenvalue weighted by molar-refractivity contribution is 0.0692. The van der Waals surface area contributed by atoms with Crippen LogP contribution in [0.1, 0.15) is 22.3 Å². The maximum Gasteiger partial charge on any atom is 0.339 e. The second-order valence-corrected chi connectivity index (χ2v) is 5.38. The average molecular weight is 330 g/mol. The van der Waals surface area contributed by atoms with Crippen LogP contribution in [-0.2, 0) is 6.42 Å². The molecule has 0 saturated heterocycles. The van der Waals surface area contributed by atoms with Gasteiger partial charge in [0.1, 0.15) is 17.1 Å². The number of hydrogen-bond donors (Lipinski definition) is 2. The van der Waals surface area contributed by atoms with Gasteiger partial charge in [-0.1, -0.05) is 12.1 Å². The summed E-state index contributed by atoms with van der Waals surface area (Å²) in [7, 11) is 0. The number of aromatic carboxylic acids is 1. The third kappa shape index (κ3) is 3.53. The molecule has 1 aliphatic rings. The zero-order valence-corrected chi connectivity index (χ0v) is 13.0. The lowest BCUT2D eigenvalue weighted by Crippen LogP contribution is -2.08. The topological polar surface area (TPSA) is 85.2 Å². The summed E-state index contributed by atoms with van der Waals surface area (Å²) in [5.74, 6) is 0.524. The van der Waals surface area contributed by atoms with Crippen molar-refractivity contribution in [1.29, 1.82) is 0 Å². The second kappa shape index (κ2) is 7.12. The van der Waals surface area contributed by atoms with E-state index in [-0.39, 0.29) is 11.3 Å². The average Bonchev–Trinajstić information content (AvgIpc) is 3.02. The van der Waals surface area contributed by atoms with Crippen LogP contribution in [0.3, 0.4) is 0 Å². The van der Waals surface area contributed by atoms with Gasteiger partial charge in [-0.3, -0.25) is 0 Å². The number of benzene rings is 2. The first kappa shape index (κ1) is 16.0. The fourth-order valence-corrected chi connectivity index (χ4v) is 2.50. The number of phenolic OH excluding ortho intramolecular Hbond substituents is 1. The third-order valence-corrected chi connectivity index (χ3v) is 3.69. The first-order chi connectivity index (χ1) is 11.6. The summed E-state index contributed by atoms with van der Waals surface area (Å²) >= 11 is 0. The maximum atomic E-state index is 11.1. The largest absolute Gasteiger partial charge is 0.504 e. The normalized spacial score (nSPS) is 12.3. The van der Waals surface area contributed by atoms with Gasteiger partial charge in [-0.2, -0.15) is 0 Å². The van der Waals surface area contributed by atoms with Crippen LogP contribution in [0.4, 0.5) is 0 Å². The van der Waals surface area contributed by atoms with Crippen LogP contribution in [0, 0.1) is 0 Å². The fraction of sp³-hybridized carbons (Fsp3) is 0.278. The van der Waals surface area contributed by atoms with E-state index in [1.165, 1.54) is 6.07 Å². The first-order valence-electron chi connectivity index (χ1n) is 7.72. The van der Waals surface area contributed by atoms with Crippen molar-refractivity contribution in [2.75, 3.05) is 19.8 Å². The minimum absolute atomic E-state index is 0.0939. The molecule has 6 nitrogen and oxygen atoms in total. The summed E-state index contributed by atoms with van der Waals surface area (Å²) in [5, 5.41) is 19.0. The predicted molar refractivity (Wildman–Crippen MR) is 86.3 cm³/mol. The van der Waals surface area contributed by atoms with Crippen molar-refractivity contribution in [3.8, 4) is 23.0 Å². The molecule has 0 fully saturated rings. The molecule has 2 aromatic rings. The zero-order chi connectivity index (χ0) is 16.9. The molecule has 3 rings (SSSR count). The zero-order valence-electron chi connectivity index (χ0n) is 13.0. The lowest BCUT2D eigenvalue weighted by Gasteiger charge is -2.11. The Morgan fingerprint density at radius 1 is 1.12 bits per heavy atom. The van der Waals surface area contributed by atoms with Crippen molar-refractivity contribution < 1.29 is 29.2 Å². The van der Waals surface area contributed by atoms with Gasteiger partial charge < -0.3 is 24.4 Å². The molecule has 0 radical (unpaired) electrons. The highest BCUT2D eigenvalue weighted by molar-refractivity contribution is 5.90. The minimum atomic E-state index is -1.02. The first-order valence-corrected chi connectivity index (χ1v) is 7.72. The van der Waals surface area contributed by atoms with Gasteiger partial charge in [0.05, 0.1) is 19.8 Å². The van der Waals surface area contributed by atoms with Gasteiger partial charge >= 0.3 is 5.97 Å².